The molecule has 33 heavy (non-hydrogen) atoms. The summed E-state index contributed by atoms with van der Waals surface area (Å²) >= 11 is 0. The molecule has 0 saturated heterocycles. The van der Waals surface area contributed by atoms with Crippen molar-refractivity contribution in [2.45, 2.75) is 26.2 Å². The average molecular weight is 440 g/mol. The van der Waals surface area contributed by atoms with Gasteiger partial charge in [0.15, 0.2) is 5.76 Å². The van der Waals surface area contributed by atoms with Crippen molar-refractivity contribution < 1.29 is 14.0 Å². The first-order valence-corrected chi connectivity index (χ1v) is 10.4. The SMILES string of the molecule is Cc1c(C(=O)N(CC#N)CC#N)oc2c1/C(=N/NC(=O)c1ccc3ccccc3n1)CCC2. The highest BCUT2D eigenvalue weighted by Gasteiger charge is 2.30. The fourth-order valence-corrected chi connectivity index (χ4v) is 3.87. The minimum atomic E-state index is -0.520. The second kappa shape index (κ2) is 9.33. The Morgan fingerprint density at radius 1 is 1.15 bits per heavy atom. The van der Waals surface area contributed by atoms with Gasteiger partial charge in [0.2, 0.25) is 0 Å². The van der Waals surface area contributed by atoms with E-state index in [9.17, 15) is 9.59 Å². The van der Waals surface area contributed by atoms with E-state index in [1.54, 1.807) is 13.0 Å². The van der Waals surface area contributed by atoms with E-state index < -0.39 is 11.8 Å². The number of rotatable bonds is 5. The topological polar surface area (TPSA) is 135 Å². The Hall–Kier alpha value is -4.50. The van der Waals surface area contributed by atoms with Gasteiger partial charge in [-0.15, -0.1) is 0 Å². The predicted octanol–water partition coefficient (Wildman–Crippen LogP) is 3.10. The summed E-state index contributed by atoms with van der Waals surface area (Å²) in [5.74, 6) is -0.267. The van der Waals surface area contributed by atoms with Crippen molar-refractivity contribution in [3.63, 3.8) is 0 Å². The van der Waals surface area contributed by atoms with Crippen LogP contribution in [0.25, 0.3) is 10.9 Å². The maximum absolute atomic E-state index is 12.8. The molecular formula is C24H20N6O3. The maximum Gasteiger partial charge on any atom is 0.291 e. The lowest BCUT2D eigenvalue weighted by Gasteiger charge is -2.14. The molecule has 0 radical (unpaired) electrons. The Bertz CT molecular complexity index is 1340. The van der Waals surface area contributed by atoms with Crippen LogP contribution in [-0.2, 0) is 6.42 Å². The Morgan fingerprint density at radius 2 is 1.91 bits per heavy atom. The van der Waals surface area contributed by atoms with Gasteiger partial charge in [-0.2, -0.15) is 15.6 Å². The van der Waals surface area contributed by atoms with Crippen LogP contribution >= 0.6 is 0 Å². The number of nitrogens with zero attached hydrogens (tertiary/aromatic N) is 5. The van der Waals surface area contributed by atoms with Crippen molar-refractivity contribution in [2.75, 3.05) is 13.1 Å². The summed E-state index contributed by atoms with van der Waals surface area (Å²) in [5, 5.41) is 23.2. The number of fused-ring (bicyclic) bond motifs is 2. The molecule has 0 saturated carbocycles. The molecule has 3 aromatic rings. The molecule has 2 aromatic heterocycles. The van der Waals surface area contributed by atoms with Crippen molar-refractivity contribution in [1.82, 2.24) is 15.3 Å². The van der Waals surface area contributed by atoms with Gasteiger partial charge in [0, 0.05) is 22.9 Å². The molecule has 1 aromatic carbocycles. The monoisotopic (exact) mass is 440 g/mol. The van der Waals surface area contributed by atoms with Crippen molar-refractivity contribution in [1.29, 1.82) is 10.5 Å². The van der Waals surface area contributed by atoms with Crippen LogP contribution in [0.15, 0.2) is 45.9 Å². The van der Waals surface area contributed by atoms with E-state index in [4.69, 9.17) is 14.9 Å². The third-order valence-electron chi connectivity index (χ3n) is 5.45. The molecule has 0 aliphatic heterocycles. The molecule has 0 bridgehead atoms. The number of benzene rings is 1. The highest BCUT2D eigenvalue weighted by Crippen LogP contribution is 2.30. The molecule has 164 valence electrons. The average Bonchev–Trinajstić information content (AvgIpc) is 3.18. The molecular weight excluding hydrogens is 420 g/mol. The third-order valence-corrected chi connectivity index (χ3v) is 5.45. The second-order valence-corrected chi connectivity index (χ2v) is 7.57. The first kappa shape index (κ1) is 21.7. The number of aryl methyl sites for hydroxylation is 1. The van der Waals surface area contributed by atoms with Crippen LogP contribution in [0.4, 0.5) is 0 Å². The lowest BCUT2D eigenvalue weighted by molar-refractivity contribution is 0.0760. The molecule has 4 rings (SSSR count). The van der Waals surface area contributed by atoms with Crippen molar-refractivity contribution in [2.24, 2.45) is 5.10 Å². The number of pyridine rings is 1. The molecule has 1 N–H and O–H groups in total. The summed E-state index contributed by atoms with van der Waals surface area (Å²) in [4.78, 5) is 31.0. The van der Waals surface area contributed by atoms with E-state index in [0.29, 0.717) is 41.0 Å². The van der Waals surface area contributed by atoms with Crippen LogP contribution in [0.1, 0.15) is 50.8 Å². The van der Waals surface area contributed by atoms with Crippen LogP contribution in [0.5, 0.6) is 0 Å². The maximum atomic E-state index is 12.8. The molecule has 0 fully saturated rings. The van der Waals surface area contributed by atoms with Crippen molar-refractivity contribution in [3.05, 3.63) is 64.7 Å². The molecule has 0 unspecified atom stereocenters. The van der Waals surface area contributed by atoms with Gasteiger partial charge in [0.1, 0.15) is 24.5 Å². The smallest absolute Gasteiger partial charge is 0.291 e. The van der Waals surface area contributed by atoms with E-state index in [2.05, 4.69) is 15.5 Å². The molecule has 0 atom stereocenters. The molecule has 2 amide bonds. The fraction of sp³-hybridized carbons (Fsp3) is 0.250. The predicted molar refractivity (Wildman–Crippen MR) is 119 cm³/mol. The number of carbonyl (C=O) groups is 2. The molecule has 0 spiro atoms. The number of amides is 2. The van der Waals surface area contributed by atoms with Crippen LogP contribution in [0.2, 0.25) is 0 Å². The third kappa shape index (κ3) is 4.30. The number of hydrogen-bond acceptors (Lipinski definition) is 7. The van der Waals surface area contributed by atoms with Crippen molar-refractivity contribution in [3.8, 4) is 12.1 Å². The number of hydrogen-bond donors (Lipinski definition) is 1. The zero-order chi connectivity index (χ0) is 23.4. The number of nitrogens with one attached hydrogen (secondary N) is 1. The zero-order valence-electron chi connectivity index (χ0n) is 18.0. The highest BCUT2D eigenvalue weighted by atomic mass is 16.4. The van der Waals surface area contributed by atoms with Gasteiger partial charge in [0.25, 0.3) is 11.8 Å². The molecule has 9 nitrogen and oxygen atoms in total. The minimum absolute atomic E-state index is 0.0858. The van der Waals surface area contributed by atoms with Gasteiger partial charge in [-0.3, -0.25) is 9.59 Å². The number of furan rings is 1. The lowest BCUT2D eigenvalue weighted by Crippen LogP contribution is -2.32. The van der Waals surface area contributed by atoms with Crippen LogP contribution in [-0.4, -0.2) is 40.5 Å². The Labute approximate surface area is 189 Å². The second-order valence-electron chi connectivity index (χ2n) is 7.57. The molecule has 9 heteroatoms. The molecule has 2 heterocycles. The lowest BCUT2D eigenvalue weighted by atomic mass is 9.93. The molecule has 1 aliphatic rings. The number of aromatic nitrogens is 1. The number of nitriles is 2. The van der Waals surface area contributed by atoms with E-state index in [1.165, 1.54) is 0 Å². The van der Waals surface area contributed by atoms with E-state index >= 15 is 0 Å². The first-order valence-electron chi connectivity index (χ1n) is 10.4. The van der Waals surface area contributed by atoms with Gasteiger partial charge < -0.3 is 9.32 Å². The summed E-state index contributed by atoms with van der Waals surface area (Å²) in [7, 11) is 0. The van der Waals surface area contributed by atoms with Gasteiger partial charge in [-0.1, -0.05) is 24.3 Å². The molecule has 1 aliphatic carbocycles. The van der Waals surface area contributed by atoms with Crippen molar-refractivity contribution >= 4 is 28.4 Å². The van der Waals surface area contributed by atoms with E-state index in [1.807, 2.05) is 42.5 Å². The van der Waals surface area contributed by atoms with Gasteiger partial charge in [-0.05, 0) is 31.9 Å². The quantitative estimate of drug-likeness (QED) is 0.478. The summed E-state index contributed by atoms with van der Waals surface area (Å²) in [6, 6.07) is 14.8. The Morgan fingerprint density at radius 3 is 2.67 bits per heavy atom. The number of para-hydroxylation sites is 1. The number of carbonyl (C=O) groups excluding carboxylic acids is 2. The van der Waals surface area contributed by atoms with Crippen LogP contribution < -0.4 is 5.43 Å². The zero-order valence-corrected chi connectivity index (χ0v) is 18.0. The van der Waals surface area contributed by atoms with Gasteiger partial charge in [0.05, 0.1) is 23.4 Å². The number of hydrazone groups is 1. The normalized spacial score (nSPS) is 13.7. The van der Waals surface area contributed by atoms with Gasteiger partial charge >= 0.3 is 0 Å². The standard InChI is InChI=1S/C24H20N6O3/c1-15-21-18(28-29-23(31)19-10-9-16-5-2-3-6-17(16)27-19)7-4-8-20(21)33-22(15)24(32)30(13-11-25)14-12-26/h2-3,5-6,9-10H,4,7-8,13-14H2,1H3,(H,29,31)/b28-18+. The summed E-state index contributed by atoms with van der Waals surface area (Å²) < 4.78 is 5.83. The van der Waals surface area contributed by atoms with Crippen LogP contribution in [0, 0.1) is 29.6 Å². The Balaban J connectivity index is 1.59. The van der Waals surface area contributed by atoms with Crippen LogP contribution in [0.3, 0.4) is 0 Å². The minimum Gasteiger partial charge on any atom is -0.455 e. The van der Waals surface area contributed by atoms with E-state index in [-0.39, 0.29) is 24.5 Å². The first-order chi connectivity index (χ1) is 16.0. The highest BCUT2D eigenvalue weighted by molar-refractivity contribution is 6.07. The van der Waals surface area contributed by atoms with Gasteiger partial charge in [-0.25, -0.2) is 10.4 Å². The Kier molecular flexibility index (Phi) is 6.14. The largest absolute Gasteiger partial charge is 0.455 e. The fourth-order valence-electron chi connectivity index (χ4n) is 3.87. The summed E-state index contributed by atoms with van der Waals surface area (Å²) in [6.07, 6.45) is 1.97. The van der Waals surface area contributed by atoms with E-state index in [0.717, 1.165) is 16.7 Å². The summed E-state index contributed by atoms with van der Waals surface area (Å²) in [5.41, 5.74) is 5.40. The summed E-state index contributed by atoms with van der Waals surface area (Å²) in [6.45, 7) is 1.31.